The number of fused-ring (bicyclic) bond motifs is 1. The smallest absolute Gasteiger partial charge is 0.341 e. The number of carbonyl (C=O) groups is 1. The molecule has 3 rings (SSSR count). The molecule has 1 aromatic heterocycles. The Labute approximate surface area is 133 Å². The van der Waals surface area contributed by atoms with Crippen LogP contribution in [0.3, 0.4) is 0 Å². The molecule has 122 valence electrons. The number of anilines is 2. The molecule has 0 aliphatic carbocycles. The minimum Gasteiger partial charge on any atom is -0.462 e. The highest BCUT2D eigenvalue weighted by Crippen LogP contribution is 2.30. The number of morpholine rings is 1. The quantitative estimate of drug-likeness (QED) is 0.872. The van der Waals surface area contributed by atoms with Gasteiger partial charge in [0.25, 0.3) is 0 Å². The summed E-state index contributed by atoms with van der Waals surface area (Å²) in [4.78, 5) is 17.9. The van der Waals surface area contributed by atoms with Gasteiger partial charge < -0.3 is 20.1 Å². The summed E-state index contributed by atoms with van der Waals surface area (Å²) < 4.78 is 24.6. The number of nitrogens with zero attached hydrogens (tertiary/aromatic N) is 2. The second-order valence-corrected chi connectivity index (χ2v) is 5.23. The normalized spacial score (nSPS) is 15.0. The van der Waals surface area contributed by atoms with Gasteiger partial charge in [0.05, 0.1) is 36.7 Å². The molecule has 0 atom stereocenters. The minimum absolute atomic E-state index is 0.193. The number of aromatic nitrogens is 1. The van der Waals surface area contributed by atoms with E-state index in [1.54, 1.807) is 13.0 Å². The summed E-state index contributed by atoms with van der Waals surface area (Å²) in [6, 6.07) is 2.98. The van der Waals surface area contributed by atoms with Crippen molar-refractivity contribution in [1.29, 1.82) is 0 Å². The molecule has 1 saturated heterocycles. The van der Waals surface area contributed by atoms with E-state index in [2.05, 4.69) is 4.98 Å². The van der Waals surface area contributed by atoms with E-state index in [1.807, 2.05) is 4.90 Å². The van der Waals surface area contributed by atoms with Gasteiger partial charge in [-0.1, -0.05) is 0 Å². The lowest BCUT2D eigenvalue weighted by Gasteiger charge is -2.29. The van der Waals surface area contributed by atoms with Gasteiger partial charge in [-0.2, -0.15) is 0 Å². The predicted octanol–water partition coefficient (Wildman–Crippen LogP) is 1.97. The van der Waals surface area contributed by atoms with Gasteiger partial charge in [0.1, 0.15) is 11.4 Å². The lowest BCUT2D eigenvalue weighted by Crippen LogP contribution is -2.36. The first-order valence-corrected chi connectivity index (χ1v) is 7.49. The van der Waals surface area contributed by atoms with E-state index >= 15 is 0 Å². The highest BCUT2D eigenvalue weighted by Gasteiger charge is 2.19. The molecular weight excluding hydrogens is 301 g/mol. The molecule has 0 radical (unpaired) electrons. The zero-order chi connectivity index (χ0) is 16.4. The van der Waals surface area contributed by atoms with E-state index in [9.17, 15) is 9.18 Å². The molecule has 0 saturated carbocycles. The molecule has 0 spiro atoms. The van der Waals surface area contributed by atoms with Gasteiger partial charge in [0, 0.05) is 30.7 Å². The lowest BCUT2D eigenvalue weighted by atomic mass is 10.1. The summed E-state index contributed by atoms with van der Waals surface area (Å²) in [5.41, 5.74) is 7.39. The van der Waals surface area contributed by atoms with Crippen LogP contribution in [-0.2, 0) is 9.47 Å². The number of rotatable bonds is 3. The fraction of sp³-hybridized carbons (Fsp3) is 0.375. The predicted molar refractivity (Wildman–Crippen MR) is 85.1 cm³/mol. The second-order valence-electron chi connectivity index (χ2n) is 5.23. The number of carbonyl (C=O) groups excluding carboxylic acids is 1. The second kappa shape index (κ2) is 6.37. The highest BCUT2D eigenvalue weighted by atomic mass is 19.1. The molecule has 2 aromatic rings. The van der Waals surface area contributed by atoms with Crippen LogP contribution in [0.1, 0.15) is 17.3 Å². The van der Waals surface area contributed by atoms with E-state index in [0.29, 0.717) is 42.9 Å². The number of benzene rings is 1. The van der Waals surface area contributed by atoms with Crippen LogP contribution in [0.2, 0.25) is 0 Å². The fourth-order valence-corrected chi connectivity index (χ4v) is 2.64. The van der Waals surface area contributed by atoms with Crippen LogP contribution in [0.5, 0.6) is 0 Å². The number of hydrogen-bond donors (Lipinski definition) is 1. The maximum absolute atomic E-state index is 14.4. The standard InChI is InChI=1S/C16H18FN3O3/c1-2-23-16(21)11-9-19-13-8-12(17)14(7-10(13)15(11)18)20-3-5-22-6-4-20/h7-9H,2-6H2,1H3,(H2,18,19). The van der Waals surface area contributed by atoms with Crippen molar-refractivity contribution in [1.82, 2.24) is 4.98 Å². The monoisotopic (exact) mass is 319 g/mol. The Kier molecular flexibility index (Phi) is 4.29. The summed E-state index contributed by atoms with van der Waals surface area (Å²) in [6.45, 7) is 4.27. The van der Waals surface area contributed by atoms with E-state index < -0.39 is 5.97 Å². The third-order valence-corrected chi connectivity index (χ3v) is 3.83. The third-order valence-electron chi connectivity index (χ3n) is 3.83. The zero-order valence-electron chi connectivity index (χ0n) is 12.8. The SMILES string of the molecule is CCOC(=O)c1cnc2cc(F)c(N3CCOCC3)cc2c1N. The highest BCUT2D eigenvalue weighted by molar-refractivity contribution is 6.04. The van der Waals surface area contributed by atoms with Gasteiger partial charge in [-0.3, -0.25) is 4.98 Å². The Balaban J connectivity index is 2.08. The first kappa shape index (κ1) is 15.5. The topological polar surface area (TPSA) is 77.7 Å². The summed E-state index contributed by atoms with van der Waals surface area (Å²) in [7, 11) is 0. The van der Waals surface area contributed by atoms with Crippen LogP contribution in [0.15, 0.2) is 18.3 Å². The molecule has 7 heteroatoms. The van der Waals surface area contributed by atoms with Crippen LogP contribution < -0.4 is 10.6 Å². The van der Waals surface area contributed by atoms with Crippen molar-refractivity contribution in [3.05, 3.63) is 29.7 Å². The van der Waals surface area contributed by atoms with Crippen LogP contribution in [0.25, 0.3) is 10.9 Å². The number of nitrogen functional groups attached to an aromatic ring is 1. The number of ether oxygens (including phenoxy) is 2. The molecule has 0 amide bonds. The van der Waals surface area contributed by atoms with Crippen LogP contribution in [0.4, 0.5) is 15.8 Å². The minimum atomic E-state index is -0.531. The number of hydrogen-bond acceptors (Lipinski definition) is 6. The molecule has 6 nitrogen and oxygen atoms in total. The summed E-state index contributed by atoms with van der Waals surface area (Å²) in [5, 5.41) is 0.540. The van der Waals surface area contributed by atoms with Gasteiger partial charge in [0.2, 0.25) is 0 Å². The van der Waals surface area contributed by atoms with Crippen molar-refractivity contribution in [2.24, 2.45) is 0 Å². The third kappa shape index (κ3) is 2.92. The number of esters is 1. The zero-order valence-corrected chi connectivity index (χ0v) is 12.8. The Hall–Kier alpha value is -2.41. The van der Waals surface area contributed by atoms with E-state index in [1.165, 1.54) is 12.3 Å². The maximum atomic E-state index is 14.4. The first-order chi connectivity index (χ1) is 11.1. The Bertz CT molecular complexity index is 745. The van der Waals surface area contributed by atoms with Crippen molar-refractivity contribution >= 4 is 28.2 Å². The van der Waals surface area contributed by atoms with E-state index in [0.717, 1.165) is 0 Å². The Morgan fingerprint density at radius 2 is 2.17 bits per heavy atom. The molecular formula is C16H18FN3O3. The fourth-order valence-electron chi connectivity index (χ4n) is 2.64. The molecule has 1 aliphatic heterocycles. The molecule has 1 aliphatic rings. The summed E-state index contributed by atoms with van der Waals surface area (Å²) in [6.07, 6.45) is 1.32. The van der Waals surface area contributed by atoms with Gasteiger partial charge >= 0.3 is 5.97 Å². The van der Waals surface area contributed by atoms with Crippen molar-refractivity contribution in [3.8, 4) is 0 Å². The van der Waals surface area contributed by atoms with Crippen LogP contribution in [0, 0.1) is 5.82 Å². The van der Waals surface area contributed by atoms with Crippen LogP contribution >= 0.6 is 0 Å². The van der Waals surface area contributed by atoms with Gasteiger partial charge in [0.15, 0.2) is 0 Å². The van der Waals surface area contributed by atoms with Crippen molar-refractivity contribution in [2.45, 2.75) is 6.92 Å². The largest absolute Gasteiger partial charge is 0.462 e. The number of nitrogens with two attached hydrogens (primary N) is 1. The Morgan fingerprint density at radius 3 is 2.87 bits per heavy atom. The molecule has 0 bridgehead atoms. The molecule has 1 fully saturated rings. The molecule has 1 aromatic carbocycles. The van der Waals surface area contributed by atoms with Gasteiger partial charge in [-0.05, 0) is 13.0 Å². The average Bonchev–Trinajstić information content (AvgIpc) is 2.55. The first-order valence-electron chi connectivity index (χ1n) is 7.49. The van der Waals surface area contributed by atoms with Crippen molar-refractivity contribution in [2.75, 3.05) is 43.5 Å². The maximum Gasteiger partial charge on any atom is 0.341 e. The summed E-state index contributed by atoms with van der Waals surface area (Å²) >= 11 is 0. The summed E-state index contributed by atoms with van der Waals surface area (Å²) in [5.74, 6) is -0.896. The van der Waals surface area contributed by atoms with Gasteiger partial charge in [-0.25, -0.2) is 9.18 Å². The molecule has 0 unspecified atom stereocenters. The molecule has 2 N–H and O–H groups in total. The number of pyridine rings is 1. The van der Waals surface area contributed by atoms with E-state index in [-0.39, 0.29) is 23.7 Å². The van der Waals surface area contributed by atoms with Crippen LogP contribution in [-0.4, -0.2) is 43.9 Å². The molecule has 23 heavy (non-hydrogen) atoms. The van der Waals surface area contributed by atoms with E-state index in [4.69, 9.17) is 15.2 Å². The Morgan fingerprint density at radius 1 is 1.43 bits per heavy atom. The molecule has 2 heterocycles. The number of halogens is 1. The average molecular weight is 319 g/mol. The van der Waals surface area contributed by atoms with Crippen molar-refractivity contribution < 1.29 is 18.7 Å². The lowest BCUT2D eigenvalue weighted by molar-refractivity contribution is 0.0527. The van der Waals surface area contributed by atoms with Gasteiger partial charge in [-0.15, -0.1) is 0 Å². The van der Waals surface area contributed by atoms with Crippen molar-refractivity contribution in [3.63, 3.8) is 0 Å².